The van der Waals surface area contributed by atoms with E-state index in [2.05, 4.69) is 29.0 Å². The van der Waals surface area contributed by atoms with E-state index in [1.165, 1.54) is 5.56 Å². The predicted octanol–water partition coefficient (Wildman–Crippen LogP) is 2.68. The Morgan fingerprint density at radius 1 is 1.19 bits per heavy atom. The van der Waals surface area contributed by atoms with Gasteiger partial charge in [-0.3, -0.25) is 4.98 Å². The van der Waals surface area contributed by atoms with Gasteiger partial charge < -0.3 is 5.73 Å². The van der Waals surface area contributed by atoms with Gasteiger partial charge in [-0.25, -0.2) is 4.98 Å². The molecule has 0 atom stereocenters. The smallest absolute Gasteiger partial charge is 0.149 e. The molecule has 0 saturated heterocycles. The van der Waals surface area contributed by atoms with Crippen molar-refractivity contribution in [3.63, 3.8) is 0 Å². The molecule has 0 saturated carbocycles. The number of nitrogen functional groups attached to an aromatic ring is 1. The van der Waals surface area contributed by atoms with Crippen LogP contribution in [0.5, 0.6) is 0 Å². The minimum absolute atomic E-state index is 0.483. The van der Waals surface area contributed by atoms with Crippen molar-refractivity contribution in [2.24, 2.45) is 0 Å². The summed E-state index contributed by atoms with van der Waals surface area (Å²) < 4.78 is 0. The van der Waals surface area contributed by atoms with Crippen molar-refractivity contribution in [3.05, 3.63) is 42.2 Å². The van der Waals surface area contributed by atoms with Crippen LogP contribution in [0.1, 0.15) is 18.9 Å². The van der Waals surface area contributed by atoms with E-state index in [1.54, 1.807) is 12.4 Å². The quantitative estimate of drug-likeness (QED) is 0.852. The fraction of sp³-hybridized carbons (Fsp3) is 0.231. The number of hydrogen-bond acceptors (Lipinski definition) is 3. The molecular formula is C13H15N3. The second-order valence-electron chi connectivity index (χ2n) is 3.74. The molecule has 82 valence electrons. The zero-order chi connectivity index (χ0) is 11.4. The number of nitrogens with zero attached hydrogens (tertiary/aromatic N) is 2. The molecule has 0 amide bonds. The molecule has 0 fully saturated rings. The van der Waals surface area contributed by atoms with Gasteiger partial charge in [0.25, 0.3) is 0 Å². The highest BCUT2D eigenvalue weighted by Gasteiger charge is 2.04. The molecule has 1 aromatic heterocycles. The van der Waals surface area contributed by atoms with E-state index in [4.69, 9.17) is 5.73 Å². The zero-order valence-corrected chi connectivity index (χ0v) is 9.35. The van der Waals surface area contributed by atoms with Crippen LogP contribution in [0.3, 0.4) is 0 Å². The highest BCUT2D eigenvalue weighted by molar-refractivity contribution is 5.69. The second kappa shape index (κ2) is 4.75. The maximum atomic E-state index is 5.80. The monoisotopic (exact) mass is 213 g/mol. The molecule has 3 nitrogen and oxygen atoms in total. The Bertz CT molecular complexity index is 480. The van der Waals surface area contributed by atoms with E-state index in [-0.39, 0.29) is 0 Å². The fourth-order valence-electron chi connectivity index (χ4n) is 1.73. The molecule has 0 unspecified atom stereocenters. The lowest BCUT2D eigenvalue weighted by Crippen LogP contribution is -1.96. The Morgan fingerprint density at radius 3 is 2.75 bits per heavy atom. The minimum atomic E-state index is 0.483. The molecule has 2 rings (SSSR count). The van der Waals surface area contributed by atoms with Crippen LogP contribution in [0.4, 0.5) is 5.82 Å². The number of rotatable bonds is 3. The van der Waals surface area contributed by atoms with Gasteiger partial charge in [0.05, 0.1) is 0 Å². The normalized spacial score (nSPS) is 10.3. The summed E-state index contributed by atoms with van der Waals surface area (Å²) in [5.74, 6) is 0.483. The van der Waals surface area contributed by atoms with Crippen LogP contribution in [0.2, 0.25) is 0 Å². The lowest BCUT2D eigenvalue weighted by atomic mass is 10.0. The molecule has 0 aliphatic rings. The van der Waals surface area contributed by atoms with Gasteiger partial charge in [0.15, 0.2) is 0 Å². The van der Waals surface area contributed by atoms with Crippen molar-refractivity contribution in [2.75, 3.05) is 5.73 Å². The standard InChI is InChI=1S/C13H15N3/c1-2-4-10-5-3-6-11(9-10)12-13(14)16-8-7-15-12/h3,5-9H,2,4H2,1H3,(H2,14,16). The van der Waals surface area contributed by atoms with Crippen molar-refractivity contribution in [3.8, 4) is 11.3 Å². The topological polar surface area (TPSA) is 51.8 Å². The number of aromatic nitrogens is 2. The molecule has 0 spiro atoms. The van der Waals surface area contributed by atoms with E-state index in [1.807, 2.05) is 12.1 Å². The van der Waals surface area contributed by atoms with Crippen LogP contribution >= 0.6 is 0 Å². The third-order valence-corrected chi connectivity index (χ3v) is 2.47. The zero-order valence-electron chi connectivity index (χ0n) is 9.35. The van der Waals surface area contributed by atoms with Gasteiger partial charge in [0.1, 0.15) is 11.5 Å². The fourth-order valence-corrected chi connectivity index (χ4v) is 1.73. The van der Waals surface area contributed by atoms with Crippen LogP contribution in [0.15, 0.2) is 36.7 Å². The molecule has 0 aliphatic carbocycles. The molecule has 0 bridgehead atoms. The van der Waals surface area contributed by atoms with Gasteiger partial charge in [-0.15, -0.1) is 0 Å². The molecule has 1 heterocycles. The van der Waals surface area contributed by atoms with Gasteiger partial charge >= 0.3 is 0 Å². The van der Waals surface area contributed by atoms with Crippen molar-refractivity contribution >= 4 is 5.82 Å². The van der Waals surface area contributed by atoms with Gasteiger partial charge in [0.2, 0.25) is 0 Å². The maximum absolute atomic E-state index is 5.80. The number of aryl methyl sites for hydroxylation is 1. The summed E-state index contributed by atoms with van der Waals surface area (Å²) in [6.45, 7) is 2.17. The van der Waals surface area contributed by atoms with Crippen molar-refractivity contribution in [1.29, 1.82) is 0 Å². The molecule has 0 aliphatic heterocycles. The van der Waals surface area contributed by atoms with E-state index in [0.29, 0.717) is 5.82 Å². The maximum Gasteiger partial charge on any atom is 0.149 e. The number of benzene rings is 1. The average molecular weight is 213 g/mol. The Labute approximate surface area is 95.4 Å². The summed E-state index contributed by atoms with van der Waals surface area (Å²) in [7, 11) is 0. The van der Waals surface area contributed by atoms with Crippen LogP contribution in [-0.4, -0.2) is 9.97 Å². The third kappa shape index (κ3) is 2.19. The molecule has 3 heteroatoms. The van der Waals surface area contributed by atoms with Crippen molar-refractivity contribution in [1.82, 2.24) is 9.97 Å². The predicted molar refractivity (Wildman–Crippen MR) is 65.9 cm³/mol. The summed E-state index contributed by atoms with van der Waals surface area (Å²) in [5, 5.41) is 0. The summed E-state index contributed by atoms with van der Waals surface area (Å²) in [5.41, 5.74) is 8.92. The summed E-state index contributed by atoms with van der Waals surface area (Å²) in [4.78, 5) is 8.31. The van der Waals surface area contributed by atoms with E-state index in [9.17, 15) is 0 Å². The summed E-state index contributed by atoms with van der Waals surface area (Å²) in [6.07, 6.45) is 5.49. The molecule has 2 N–H and O–H groups in total. The number of hydrogen-bond donors (Lipinski definition) is 1. The first kappa shape index (κ1) is 10.6. The van der Waals surface area contributed by atoms with Gasteiger partial charge in [0, 0.05) is 18.0 Å². The largest absolute Gasteiger partial charge is 0.382 e. The van der Waals surface area contributed by atoms with Crippen LogP contribution in [0.25, 0.3) is 11.3 Å². The number of nitrogens with two attached hydrogens (primary N) is 1. The average Bonchev–Trinajstić information content (AvgIpc) is 2.30. The van der Waals surface area contributed by atoms with Crippen LogP contribution in [0, 0.1) is 0 Å². The summed E-state index contributed by atoms with van der Waals surface area (Å²) >= 11 is 0. The first-order valence-corrected chi connectivity index (χ1v) is 5.47. The molecule has 16 heavy (non-hydrogen) atoms. The van der Waals surface area contributed by atoms with Crippen LogP contribution in [-0.2, 0) is 6.42 Å². The van der Waals surface area contributed by atoms with Crippen molar-refractivity contribution < 1.29 is 0 Å². The van der Waals surface area contributed by atoms with E-state index >= 15 is 0 Å². The Kier molecular flexibility index (Phi) is 3.15. The Hall–Kier alpha value is -1.90. The van der Waals surface area contributed by atoms with E-state index in [0.717, 1.165) is 24.1 Å². The van der Waals surface area contributed by atoms with E-state index < -0.39 is 0 Å². The second-order valence-corrected chi connectivity index (χ2v) is 3.74. The minimum Gasteiger partial charge on any atom is -0.382 e. The van der Waals surface area contributed by atoms with Gasteiger partial charge in [-0.2, -0.15) is 0 Å². The highest BCUT2D eigenvalue weighted by Crippen LogP contribution is 2.22. The van der Waals surface area contributed by atoms with Crippen molar-refractivity contribution in [2.45, 2.75) is 19.8 Å². The molecule has 2 aromatic rings. The Morgan fingerprint density at radius 2 is 2.00 bits per heavy atom. The lowest BCUT2D eigenvalue weighted by Gasteiger charge is -2.05. The molecular weight excluding hydrogens is 198 g/mol. The lowest BCUT2D eigenvalue weighted by molar-refractivity contribution is 0.922. The van der Waals surface area contributed by atoms with Crippen LogP contribution < -0.4 is 5.73 Å². The first-order valence-electron chi connectivity index (χ1n) is 5.47. The SMILES string of the molecule is CCCc1cccc(-c2nccnc2N)c1. The molecule has 0 radical (unpaired) electrons. The highest BCUT2D eigenvalue weighted by atomic mass is 14.9. The first-order chi connectivity index (χ1) is 7.81. The Balaban J connectivity index is 2.40. The third-order valence-electron chi connectivity index (χ3n) is 2.47. The summed E-state index contributed by atoms with van der Waals surface area (Å²) in [6, 6.07) is 8.30. The number of anilines is 1. The van der Waals surface area contributed by atoms with Gasteiger partial charge in [-0.1, -0.05) is 31.5 Å². The van der Waals surface area contributed by atoms with Gasteiger partial charge in [-0.05, 0) is 18.1 Å². The molecule has 1 aromatic carbocycles.